The molecule has 0 radical (unpaired) electrons. The van der Waals surface area contributed by atoms with E-state index >= 15 is 0 Å². The van der Waals surface area contributed by atoms with Crippen LogP contribution in [0.25, 0.3) is 0 Å². The van der Waals surface area contributed by atoms with Gasteiger partial charge in [0.1, 0.15) is 0 Å². The molecule has 0 spiro atoms. The van der Waals surface area contributed by atoms with Crippen LogP contribution in [0.3, 0.4) is 0 Å². The Balaban J connectivity index is 2.19. The van der Waals surface area contributed by atoms with E-state index in [4.69, 9.17) is 0 Å². The summed E-state index contributed by atoms with van der Waals surface area (Å²) in [7, 11) is 0. The van der Waals surface area contributed by atoms with Crippen molar-refractivity contribution in [1.82, 2.24) is 0 Å². The Kier molecular flexibility index (Phi) is 2.55. The van der Waals surface area contributed by atoms with E-state index in [0.717, 1.165) is 0 Å². The first kappa shape index (κ1) is 13.7. The Morgan fingerprint density at radius 3 is 2.17 bits per heavy atom. The van der Waals surface area contributed by atoms with Gasteiger partial charge in [0.15, 0.2) is 11.2 Å². The second-order valence-corrected chi connectivity index (χ2v) is 5.91. The van der Waals surface area contributed by atoms with Gasteiger partial charge in [-0.1, -0.05) is 48.5 Å². The lowest BCUT2D eigenvalue weighted by atomic mass is 9.62. The maximum atomic E-state index is 13.1. The van der Waals surface area contributed by atoms with Gasteiger partial charge in [-0.2, -0.15) is 0 Å². The van der Waals surface area contributed by atoms with Crippen molar-refractivity contribution in [1.29, 1.82) is 0 Å². The number of hydrogen-bond acceptors (Lipinski definition) is 3. The van der Waals surface area contributed by atoms with Crippen LogP contribution in [0.1, 0.15) is 33.0 Å². The third-order valence-electron chi connectivity index (χ3n) is 5.02. The zero-order chi connectivity index (χ0) is 16.4. The lowest BCUT2D eigenvalue weighted by Gasteiger charge is -2.35. The van der Waals surface area contributed by atoms with Crippen molar-refractivity contribution in [2.45, 2.75) is 11.3 Å². The minimum absolute atomic E-state index is 0.297. The molecule has 23 heavy (non-hydrogen) atoms. The zero-order valence-corrected chi connectivity index (χ0v) is 11.9. The first-order chi connectivity index (χ1) is 11.0. The van der Waals surface area contributed by atoms with Gasteiger partial charge >= 0.3 is 11.9 Å². The van der Waals surface area contributed by atoms with Crippen LogP contribution in [0, 0.1) is 5.92 Å². The Bertz CT molecular complexity index is 884. The van der Waals surface area contributed by atoms with E-state index in [1.165, 1.54) is 0 Å². The van der Waals surface area contributed by atoms with Crippen LogP contribution in [-0.2, 0) is 15.0 Å². The number of benzene rings is 2. The minimum Gasteiger partial charge on any atom is -0.481 e. The molecule has 5 nitrogen and oxygen atoms in total. The SMILES string of the molecule is O=C(O)[C@@H]1[C@@H]2c3ccccc3C(=O)[C@]1(C(=O)O)c1ccccc12. The first-order valence-corrected chi connectivity index (χ1v) is 7.20. The summed E-state index contributed by atoms with van der Waals surface area (Å²) >= 11 is 0. The fourth-order valence-corrected chi connectivity index (χ4v) is 4.20. The topological polar surface area (TPSA) is 91.7 Å². The van der Waals surface area contributed by atoms with Crippen LogP contribution < -0.4 is 0 Å². The number of aliphatic carboxylic acids is 2. The number of carbonyl (C=O) groups excluding carboxylic acids is 1. The van der Waals surface area contributed by atoms with Gasteiger partial charge in [-0.15, -0.1) is 0 Å². The minimum atomic E-state index is -2.05. The molecular weight excluding hydrogens is 296 g/mol. The highest BCUT2D eigenvalue weighted by molar-refractivity contribution is 6.22. The fourth-order valence-electron chi connectivity index (χ4n) is 4.20. The molecular formula is C18H12O5. The summed E-state index contributed by atoms with van der Waals surface area (Å²) in [6.07, 6.45) is 0. The number of ketones is 1. The summed E-state index contributed by atoms with van der Waals surface area (Å²) in [5.41, 5.74) is -0.256. The van der Waals surface area contributed by atoms with Gasteiger partial charge in [-0.05, 0) is 16.7 Å². The number of fused-ring (bicyclic) bond motifs is 7. The third-order valence-corrected chi connectivity index (χ3v) is 5.02. The number of hydrogen-bond donors (Lipinski definition) is 2. The van der Waals surface area contributed by atoms with Crippen LogP contribution in [0.5, 0.6) is 0 Å². The van der Waals surface area contributed by atoms with Crippen molar-refractivity contribution >= 4 is 17.7 Å². The Labute approximate surface area is 131 Å². The van der Waals surface area contributed by atoms with Crippen LogP contribution >= 0.6 is 0 Å². The molecule has 2 aromatic carbocycles. The van der Waals surface area contributed by atoms with Gasteiger partial charge in [0, 0.05) is 11.5 Å². The molecule has 0 heterocycles. The molecule has 0 saturated carbocycles. The molecule has 0 aromatic heterocycles. The van der Waals surface area contributed by atoms with Crippen molar-refractivity contribution in [3.8, 4) is 0 Å². The monoisotopic (exact) mass is 308 g/mol. The number of Topliss-reactive ketones (excluding diaryl/α,β-unsaturated/α-hetero) is 1. The zero-order valence-electron chi connectivity index (χ0n) is 11.9. The van der Waals surface area contributed by atoms with E-state index in [9.17, 15) is 24.6 Å². The molecule has 2 aromatic rings. The molecule has 0 amide bonds. The standard InChI is InChI=1S/C18H12O5/c19-15-10-6-2-1-5-9(10)13-11-7-3-4-8-12(11)18(15,17(22)23)14(13)16(20)21/h1-8,13-14H,(H,20,21)(H,22,23)/t13-,14+,18+/m1/s1. The van der Waals surface area contributed by atoms with Gasteiger partial charge < -0.3 is 10.2 Å². The molecule has 2 aliphatic carbocycles. The van der Waals surface area contributed by atoms with Crippen molar-refractivity contribution in [3.05, 3.63) is 70.8 Å². The Morgan fingerprint density at radius 1 is 0.913 bits per heavy atom. The average Bonchev–Trinajstić information content (AvgIpc) is 2.82. The molecule has 114 valence electrons. The number of carboxylic acids is 2. The van der Waals surface area contributed by atoms with Crippen LogP contribution in [-0.4, -0.2) is 27.9 Å². The number of carbonyl (C=O) groups is 3. The lowest BCUT2D eigenvalue weighted by molar-refractivity contribution is -0.153. The molecule has 4 rings (SSSR count). The van der Waals surface area contributed by atoms with E-state index in [2.05, 4.69) is 0 Å². The van der Waals surface area contributed by atoms with E-state index in [0.29, 0.717) is 22.3 Å². The highest BCUT2D eigenvalue weighted by atomic mass is 16.4. The predicted molar refractivity (Wildman–Crippen MR) is 79.5 cm³/mol. The summed E-state index contributed by atoms with van der Waals surface area (Å²) in [4.78, 5) is 37.2. The summed E-state index contributed by atoms with van der Waals surface area (Å²) in [6.45, 7) is 0. The maximum absolute atomic E-state index is 13.1. The molecule has 0 saturated heterocycles. The average molecular weight is 308 g/mol. The van der Waals surface area contributed by atoms with E-state index in [1.54, 1.807) is 48.5 Å². The first-order valence-electron chi connectivity index (χ1n) is 7.20. The van der Waals surface area contributed by atoms with Crippen molar-refractivity contribution in [2.75, 3.05) is 0 Å². The second-order valence-electron chi connectivity index (χ2n) is 5.91. The molecule has 0 aliphatic heterocycles. The Morgan fingerprint density at radius 2 is 1.52 bits per heavy atom. The van der Waals surface area contributed by atoms with E-state index in [1.807, 2.05) is 0 Å². The number of carboxylic acid groups (broad SMARTS) is 2. The molecule has 3 atom stereocenters. The van der Waals surface area contributed by atoms with Crippen LogP contribution in [0.15, 0.2) is 48.5 Å². The molecule has 2 bridgehead atoms. The largest absolute Gasteiger partial charge is 0.481 e. The summed E-state index contributed by atoms with van der Waals surface area (Å²) in [5.74, 6) is -5.28. The maximum Gasteiger partial charge on any atom is 0.323 e. The summed E-state index contributed by atoms with van der Waals surface area (Å²) in [6, 6.07) is 13.3. The van der Waals surface area contributed by atoms with E-state index in [-0.39, 0.29) is 0 Å². The molecule has 2 N–H and O–H groups in total. The second kappa shape index (κ2) is 4.29. The highest BCUT2D eigenvalue weighted by Gasteiger charge is 2.68. The highest BCUT2D eigenvalue weighted by Crippen LogP contribution is 2.58. The van der Waals surface area contributed by atoms with Gasteiger partial charge in [0.2, 0.25) is 0 Å². The summed E-state index contributed by atoms with van der Waals surface area (Å²) in [5, 5.41) is 19.6. The van der Waals surface area contributed by atoms with Gasteiger partial charge in [0.25, 0.3) is 0 Å². The van der Waals surface area contributed by atoms with Crippen LogP contribution in [0.2, 0.25) is 0 Å². The normalized spacial score (nSPS) is 27.2. The van der Waals surface area contributed by atoms with Crippen LogP contribution in [0.4, 0.5) is 0 Å². The number of rotatable bonds is 2. The third kappa shape index (κ3) is 1.39. The van der Waals surface area contributed by atoms with Gasteiger partial charge in [-0.25, -0.2) is 0 Å². The van der Waals surface area contributed by atoms with Gasteiger partial charge in [-0.3, -0.25) is 14.4 Å². The molecule has 2 aliphatic rings. The van der Waals surface area contributed by atoms with E-state index < -0.39 is 35.0 Å². The quantitative estimate of drug-likeness (QED) is 0.828. The fraction of sp³-hybridized carbons (Fsp3) is 0.167. The van der Waals surface area contributed by atoms with Crippen molar-refractivity contribution < 1.29 is 24.6 Å². The lowest BCUT2D eigenvalue weighted by Crippen LogP contribution is -2.53. The molecule has 0 unspecified atom stereocenters. The van der Waals surface area contributed by atoms with Crippen molar-refractivity contribution in [3.63, 3.8) is 0 Å². The van der Waals surface area contributed by atoms with Crippen molar-refractivity contribution in [2.24, 2.45) is 5.92 Å². The predicted octanol–water partition coefficient (Wildman–Crippen LogP) is 2.05. The molecule has 0 fully saturated rings. The summed E-state index contributed by atoms with van der Waals surface area (Å²) < 4.78 is 0. The molecule has 5 heteroatoms. The smallest absolute Gasteiger partial charge is 0.323 e. The Hall–Kier alpha value is -2.95. The van der Waals surface area contributed by atoms with Gasteiger partial charge in [0.05, 0.1) is 5.92 Å².